The predicted molar refractivity (Wildman–Crippen MR) is 136 cm³/mol. The Balaban J connectivity index is 4.99. The van der Waals surface area contributed by atoms with E-state index in [4.69, 9.17) is 10.8 Å². The number of carbonyl (C=O) groups is 3. The van der Waals surface area contributed by atoms with Gasteiger partial charge in [0.2, 0.25) is 5.91 Å². The number of nitrogens with one attached hydrogen (secondary N) is 1. The number of rotatable bonds is 19. The van der Waals surface area contributed by atoms with Crippen molar-refractivity contribution < 1.29 is 24.6 Å². The number of amides is 1. The minimum Gasteiger partial charge on any atom is -0.481 e. The van der Waals surface area contributed by atoms with Crippen LogP contribution >= 0.6 is 12.6 Å². The van der Waals surface area contributed by atoms with Gasteiger partial charge in [-0.05, 0) is 32.1 Å². The molecular weight excluding hydrogens is 440 g/mol. The Bertz CT molecular complexity index is 688. The molecule has 0 spiro atoms. The fourth-order valence-electron chi connectivity index (χ4n) is 3.02. The van der Waals surface area contributed by atoms with E-state index < -0.39 is 35.7 Å². The van der Waals surface area contributed by atoms with E-state index in [1.807, 2.05) is 18.2 Å². The van der Waals surface area contributed by atoms with Crippen LogP contribution < -0.4 is 11.1 Å². The van der Waals surface area contributed by atoms with Crippen LogP contribution in [0.5, 0.6) is 0 Å². The lowest BCUT2D eigenvalue weighted by Crippen LogP contribution is -2.48. The quantitative estimate of drug-likeness (QED) is 0.0834. The van der Waals surface area contributed by atoms with Crippen molar-refractivity contribution in [2.24, 2.45) is 11.7 Å². The Kier molecular flexibility index (Phi) is 19.1. The van der Waals surface area contributed by atoms with Crippen molar-refractivity contribution in [1.82, 2.24) is 5.32 Å². The molecular formula is C25H40N2O5S. The summed E-state index contributed by atoms with van der Waals surface area (Å²) in [6.45, 7) is 1.92. The SMILES string of the molecule is CCCCC/C=C\C/C=C/C=C\C=C\[C@H](C(=O)C(CS)NC(=O)CN)[C@@H](O)CCCC(=O)O. The average Bonchev–Trinajstić information content (AvgIpc) is 2.79. The first-order valence-electron chi connectivity index (χ1n) is 11.6. The topological polar surface area (TPSA) is 130 Å². The number of aliphatic hydroxyl groups excluding tert-OH is 1. The molecule has 8 heteroatoms. The first-order valence-corrected chi connectivity index (χ1v) is 12.2. The Morgan fingerprint density at radius 3 is 2.39 bits per heavy atom. The predicted octanol–water partition coefficient (Wildman–Crippen LogP) is 3.36. The number of aliphatic carboxylic acids is 1. The van der Waals surface area contributed by atoms with E-state index in [9.17, 15) is 19.5 Å². The number of carboxylic acids is 1. The van der Waals surface area contributed by atoms with Crippen molar-refractivity contribution in [3.63, 3.8) is 0 Å². The number of aliphatic hydroxyl groups is 1. The van der Waals surface area contributed by atoms with Crippen molar-refractivity contribution in [2.75, 3.05) is 12.3 Å². The molecule has 1 unspecified atom stereocenters. The molecule has 0 saturated heterocycles. The minimum absolute atomic E-state index is 0.0568. The first kappa shape index (κ1) is 30.8. The van der Waals surface area contributed by atoms with Crippen molar-refractivity contribution in [3.05, 3.63) is 48.6 Å². The second-order valence-corrected chi connectivity index (χ2v) is 8.05. The largest absolute Gasteiger partial charge is 0.481 e. The second kappa shape index (κ2) is 20.4. The molecule has 0 radical (unpaired) electrons. The number of unbranched alkanes of at least 4 members (excludes halogenated alkanes) is 3. The molecule has 0 aromatic carbocycles. The molecule has 0 saturated carbocycles. The molecule has 0 heterocycles. The molecule has 0 bridgehead atoms. The van der Waals surface area contributed by atoms with Gasteiger partial charge >= 0.3 is 5.97 Å². The summed E-state index contributed by atoms with van der Waals surface area (Å²) in [6.07, 6.45) is 19.9. The molecule has 1 amide bonds. The van der Waals surface area contributed by atoms with E-state index >= 15 is 0 Å². The number of nitrogens with two attached hydrogens (primary N) is 1. The number of allylic oxidation sites excluding steroid dienone is 7. The number of ketones is 1. The summed E-state index contributed by atoms with van der Waals surface area (Å²) in [5, 5.41) is 21.8. The highest BCUT2D eigenvalue weighted by Gasteiger charge is 2.30. The molecule has 3 atom stereocenters. The molecule has 0 rings (SSSR count). The number of carboxylic acid groups (broad SMARTS) is 1. The van der Waals surface area contributed by atoms with Crippen LogP contribution in [0.3, 0.4) is 0 Å². The Morgan fingerprint density at radius 2 is 1.76 bits per heavy atom. The van der Waals surface area contributed by atoms with E-state index in [0.29, 0.717) is 0 Å². The van der Waals surface area contributed by atoms with Gasteiger partial charge in [0.1, 0.15) is 0 Å². The zero-order valence-electron chi connectivity index (χ0n) is 19.6. The number of hydrogen-bond acceptors (Lipinski definition) is 6. The molecule has 0 aliphatic carbocycles. The maximum Gasteiger partial charge on any atom is 0.303 e. The van der Waals surface area contributed by atoms with Crippen LogP contribution in [0, 0.1) is 5.92 Å². The summed E-state index contributed by atoms with van der Waals surface area (Å²) in [5.41, 5.74) is 5.30. The molecule has 5 N–H and O–H groups in total. The van der Waals surface area contributed by atoms with E-state index in [1.54, 1.807) is 18.2 Å². The van der Waals surface area contributed by atoms with Crippen LogP contribution in [0.4, 0.5) is 0 Å². The van der Waals surface area contributed by atoms with Crippen LogP contribution in [-0.4, -0.2) is 52.3 Å². The lowest BCUT2D eigenvalue weighted by atomic mass is 9.89. The van der Waals surface area contributed by atoms with Gasteiger partial charge in [0.25, 0.3) is 0 Å². The van der Waals surface area contributed by atoms with Gasteiger partial charge < -0.3 is 21.3 Å². The standard InChI is InChI=1S/C25H40N2O5S/c1-2-3-4-5-6-7-8-9-10-11-12-13-15-20(22(28)16-14-17-24(30)31)25(32)21(19-33)27-23(29)18-26/h6-7,9-13,15,20-22,28,33H,2-5,8,14,16-19,26H2,1H3,(H,27,29)(H,30,31)/b7-6-,10-9+,12-11-,15-13+/t20-,21?,22-/m0/s1. The third-order valence-electron chi connectivity index (χ3n) is 4.88. The third-order valence-corrected chi connectivity index (χ3v) is 5.25. The summed E-state index contributed by atoms with van der Waals surface area (Å²) in [7, 11) is 0. The Morgan fingerprint density at radius 1 is 1.03 bits per heavy atom. The molecule has 0 aromatic rings. The number of hydrogen-bond donors (Lipinski definition) is 5. The lowest BCUT2D eigenvalue weighted by molar-refractivity contribution is -0.137. The van der Waals surface area contributed by atoms with Gasteiger partial charge in [0, 0.05) is 12.2 Å². The zero-order valence-corrected chi connectivity index (χ0v) is 20.5. The van der Waals surface area contributed by atoms with E-state index in [1.165, 1.54) is 19.3 Å². The van der Waals surface area contributed by atoms with Gasteiger partial charge in [-0.3, -0.25) is 14.4 Å². The van der Waals surface area contributed by atoms with Gasteiger partial charge in [-0.1, -0.05) is 68.4 Å². The Hall–Kier alpha value is -2.16. The van der Waals surface area contributed by atoms with Gasteiger partial charge in [-0.15, -0.1) is 0 Å². The maximum atomic E-state index is 12.9. The minimum atomic E-state index is -1.08. The Labute approximate surface area is 203 Å². The molecule has 0 aliphatic heterocycles. The van der Waals surface area contributed by atoms with Crippen molar-refractivity contribution in [2.45, 2.75) is 70.4 Å². The summed E-state index contributed by atoms with van der Waals surface area (Å²) in [5.74, 6) is -2.71. The fourth-order valence-corrected chi connectivity index (χ4v) is 3.29. The summed E-state index contributed by atoms with van der Waals surface area (Å²) in [4.78, 5) is 35.3. The highest BCUT2D eigenvalue weighted by Crippen LogP contribution is 2.17. The van der Waals surface area contributed by atoms with Gasteiger partial charge in [-0.25, -0.2) is 0 Å². The summed E-state index contributed by atoms with van der Waals surface area (Å²) in [6, 6.07) is -0.902. The summed E-state index contributed by atoms with van der Waals surface area (Å²) >= 11 is 4.13. The van der Waals surface area contributed by atoms with Crippen LogP contribution in [0.2, 0.25) is 0 Å². The van der Waals surface area contributed by atoms with Crippen LogP contribution in [0.1, 0.15) is 58.3 Å². The summed E-state index contributed by atoms with van der Waals surface area (Å²) < 4.78 is 0. The highest BCUT2D eigenvalue weighted by molar-refractivity contribution is 7.80. The highest BCUT2D eigenvalue weighted by atomic mass is 32.1. The van der Waals surface area contributed by atoms with Gasteiger partial charge in [0.15, 0.2) is 5.78 Å². The molecule has 7 nitrogen and oxygen atoms in total. The van der Waals surface area contributed by atoms with E-state index in [0.717, 1.165) is 12.8 Å². The number of thiol groups is 1. The second-order valence-electron chi connectivity index (χ2n) is 7.69. The van der Waals surface area contributed by atoms with Crippen LogP contribution in [0.15, 0.2) is 48.6 Å². The van der Waals surface area contributed by atoms with Gasteiger partial charge in [0.05, 0.1) is 24.6 Å². The van der Waals surface area contributed by atoms with Crippen LogP contribution in [0.25, 0.3) is 0 Å². The van der Waals surface area contributed by atoms with Crippen molar-refractivity contribution >= 4 is 30.3 Å². The number of Topliss-reactive ketones (excluding diaryl/α,β-unsaturated/α-hetero) is 1. The lowest BCUT2D eigenvalue weighted by Gasteiger charge is -2.24. The fraction of sp³-hybridized carbons (Fsp3) is 0.560. The normalized spacial score (nSPS) is 14.9. The third kappa shape index (κ3) is 16.2. The zero-order chi connectivity index (χ0) is 24.9. The molecule has 186 valence electrons. The number of carbonyl (C=O) groups excluding carboxylic acids is 2. The smallest absolute Gasteiger partial charge is 0.303 e. The van der Waals surface area contributed by atoms with Crippen LogP contribution in [-0.2, 0) is 14.4 Å². The van der Waals surface area contributed by atoms with E-state index in [2.05, 4.69) is 37.0 Å². The van der Waals surface area contributed by atoms with Gasteiger partial charge in [-0.2, -0.15) is 12.6 Å². The first-order chi connectivity index (χ1) is 15.9. The molecule has 33 heavy (non-hydrogen) atoms. The molecule has 0 aromatic heterocycles. The maximum absolute atomic E-state index is 12.9. The van der Waals surface area contributed by atoms with E-state index in [-0.39, 0.29) is 31.6 Å². The average molecular weight is 481 g/mol. The molecule has 0 fully saturated rings. The molecule has 0 aliphatic rings. The van der Waals surface area contributed by atoms with Crippen molar-refractivity contribution in [1.29, 1.82) is 0 Å². The monoisotopic (exact) mass is 480 g/mol. The van der Waals surface area contributed by atoms with Crippen molar-refractivity contribution in [3.8, 4) is 0 Å².